The van der Waals surface area contributed by atoms with Gasteiger partial charge in [-0.05, 0) is 6.42 Å². The summed E-state index contributed by atoms with van der Waals surface area (Å²) in [5, 5.41) is 8.14. The van der Waals surface area contributed by atoms with Gasteiger partial charge in [-0.1, -0.05) is 19.8 Å². The fourth-order valence-electron chi connectivity index (χ4n) is 0.526. The zero-order valence-corrected chi connectivity index (χ0v) is 14.0. The van der Waals surface area contributed by atoms with Crippen LogP contribution in [0.4, 0.5) is 0 Å². The third kappa shape index (κ3) is 24.5. The average molecular weight is 502 g/mol. The van der Waals surface area contributed by atoms with Crippen molar-refractivity contribution in [3.05, 3.63) is 0 Å². The van der Waals surface area contributed by atoms with Crippen molar-refractivity contribution in [3.63, 3.8) is 0 Å². The Balaban J connectivity index is -0.0000000817. The van der Waals surface area contributed by atoms with Crippen LogP contribution in [0.25, 0.3) is 0 Å². The maximum atomic E-state index is 9.87. The van der Waals surface area contributed by atoms with E-state index in [-0.39, 0.29) is 71.6 Å². The van der Waals surface area contributed by atoms with Crippen LogP contribution in [0.2, 0.25) is 0 Å². The monoisotopic (exact) mass is 504 g/mol. The van der Waals surface area contributed by atoms with E-state index in [1.165, 1.54) is 0 Å². The van der Waals surface area contributed by atoms with Crippen LogP contribution in [0.15, 0.2) is 0 Å². The molecule has 1 N–H and O–H groups in total. The minimum absolute atomic E-state index is 0. The Morgan fingerprint density at radius 3 is 2.00 bits per heavy atom. The second-order valence-electron chi connectivity index (χ2n) is 1.85. The third-order valence-electron chi connectivity index (χ3n) is 0.994. The Morgan fingerprint density at radius 1 is 1.27 bits per heavy atom. The van der Waals surface area contributed by atoms with Crippen LogP contribution >= 0.6 is 48.0 Å². The van der Waals surface area contributed by atoms with E-state index >= 15 is 0 Å². The third-order valence-corrected chi connectivity index (χ3v) is 0.994. The van der Waals surface area contributed by atoms with Gasteiger partial charge in [-0.25, -0.2) is 0 Å². The van der Waals surface area contributed by atoms with E-state index in [0.717, 1.165) is 19.3 Å². The molecule has 0 rings (SSSR count). The van der Waals surface area contributed by atoms with Crippen molar-refractivity contribution in [2.75, 3.05) is 0 Å². The molecule has 0 aliphatic heterocycles. The first-order valence-electron chi connectivity index (χ1n) is 2.99. The quantitative estimate of drug-likeness (QED) is 0.364. The number of rotatable bonds is 4. The van der Waals surface area contributed by atoms with E-state index in [1.807, 2.05) is 0 Å². The molecule has 0 spiro atoms. The van der Waals surface area contributed by atoms with Gasteiger partial charge in [0.25, 0.3) is 0 Å². The normalized spacial score (nSPS) is 6.64. The van der Waals surface area contributed by atoms with E-state index in [9.17, 15) is 4.79 Å². The molecule has 2 nitrogen and oxygen atoms in total. The number of carboxylic acid groups (broad SMARTS) is 1. The molecule has 5 heteroatoms. The molecule has 0 aromatic heterocycles. The molecule has 0 bridgehead atoms. The van der Waals surface area contributed by atoms with Crippen molar-refractivity contribution in [3.8, 4) is 0 Å². The second-order valence-corrected chi connectivity index (χ2v) is 1.85. The predicted octanol–water partition coefficient (Wildman–Crippen LogP) is 1.97. The molecule has 0 radical (unpaired) electrons. The Bertz CT molecular complexity index is 81.0. The summed E-state index contributed by atoms with van der Waals surface area (Å²) in [6.07, 6.45) is 3.28. The summed E-state index contributed by atoms with van der Waals surface area (Å²) in [6.45, 7) is 2.06. The van der Waals surface area contributed by atoms with Crippen LogP contribution in [0.3, 0.4) is 0 Å². The summed E-state index contributed by atoms with van der Waals surface area (Å²) in [4.78, 5) is 9.87. The molecule has 0 unspecified atom stereocenters. The van der Waals surface area contributed by atoms with Gasteiger partial charge in [0.15, 0.2) is 0 Å². The first-order valence-corrected chi connectivity index (χ1v) is 2.99. The van der Waals surface area contributed by atoms with Gasteiger partial charge in [-0.15, -0.1) is 48.0 Å². The summed E-state index contributed by atoms with van der Waals surface area (Å²) < 4.78 is 0. The van der Waals surface area contributed by atoms with Crippen LogP contribution < -0.4 is 0 Å². The van der Waals surface area contributed by atoms with Crippen LogP contribution in [0.5, 0.6) is 0 Å². The van der Waals surface area contributed by atoms with Crippen molar-refractivity contribution < 1.29 is 9.90 Å². The van der Waals surface area contributed by atoms with Gasteiger partial charge in [0.05, 0.1) is 0 Å². The Hall–Kier alpha value is 1.72. The number of carboxylic acids is 1. The number of halogens is 2. The van der Waals surface area contributed by atoms with E-state index in [2.05, 4.69) is 6.92 Å². The van der Waals surface area contributed by atoms with Crippen molar-refractivity contribution in [1.82, 2.24) is 0 Å². The van der Waals surface area contributed by atoms with Crippen LogP contribution in [-0.2, 0) is 4.79 Å². The molecular weight excluding hydrogens is 485 g/mol. The van der Waals surface area contributed by atoms with Crippen molar-refractivity contribution >= 4 is 77.6 Å². The molecule has 72 valence electrons. The van der Waals surface area contributed by atoms with Gasteiger partial charge in [0.1, 0.15) is 0 Å². The van der Waals surface area contributed by atoms with Gasteiger partial charge >= 0.3 is 29.6 Å². The summed E-state index contributed by atoms with van der Waals surface area (Å²) in [5.74, 6) is -0.682. The standard InChI is InChI=1S/C6H12O2.2HI.H2Te/c1-2-3-4-5-6(7)8;;;/h2-5H2,1H3,(H,7,8);2*1H;1H2. The fourth-order valence-corrected chi connectivity index (χ4v) is 0.526. The minimum atomic E-state index is -0.682. The molecule has 0 amide bonds. The summed E-state index contributed by atoms with van der Waals surface area (Å²) in [6, 6.07) is 0. The number of aliphatic carboxylic acids is 1. The molecule has 0 aromatic rings. The van der Waals surface area contributed by atoms with Crippen LogP contribution in [-0.4, -0.2) is 34.7 Å². The van der Waals surface area contributed by atoms with Gasteiger partial charge in [-0.3, -0.25) is 4.79 Å². The summed E-state index contributed by atoms with van der Waals surface area (Å²) in [5.41, 5.74) is 0. The summed E-state index contributed by atoms with van der Waals surface area (Å²) in [7, 11) is 0. The predicted molar refractivity (Wildman–Crippen MR) is 71.2 cm³/mol. The van der Waals surface area contributed by atoms with E-state index in [4.69, 9.17) is 5.11 Å². The Morgan fingerprint density at radius 2 is 1.73 bits per heavy atom. The van der Waals surface area contributed by atoms with Crippen molar-refractivity contribution in [2.45, 2.75) is 32.6 Å². The molecule has 0 atom stereocenters. The number of carbonyl (C=O) groups is 1. The van der Waals surface area contributed by atoms with Crippen molar-refractivity contribution in [2.24, 2.45) is 0 Å². The molecular formula is C6H16I2O2Te. The SMILES string of the molecule is CCCCCC(=O)O.I.I.[TeH2]. The Kier molecular flexibility index (Phi) is 37.0. The first-order chi connectivity index (χ1) is 3.77. The van der Waals surface area contributed by atoms with Gasteiger partial charge in [0, 0.05) is 6.42 Å². The fraction of sp³-hybridized carbons (Fsp3) is 0.833. The van der Waals surface area contributed by atoms with Crippen molar-refractivity contribution in [1.29, 1.82) is 0 Å². The van der Waals surface area contributed by atoms with E-state index < -0.39 is 5.97 Å². The second kappa shape index (κ2) is 17.7. The van der Waals surface area contributed by atoms with Gasteiger partial charge in [-0.2, -0.15) is 0 Å². The first kappa shape index (κ1) is 23.0. The molecule has 0 saturated heterocycles. The number of hydrogen-bond donors (Lipinski definition) is 1. The molecule has 0 heterocycles. The van der Waals surface area contributed by atoms with Crippen LogP contribution in [0.1, 0.15) is 32.6 Å². The molecule has 11 heavy (non-hydrogen) atoms. The topological polar surface area (TPSA) is 37.3 Å². The zero-order chi connectivity index (χ0) is 6.41. The van der Waals surface area contributed by atoms with Gasteiger partial charge in [0.2, 0.25) is 0 Å². The molecule has 0 fully saturated rings. The molecule has 0 aliphatic rings. The maximum absolute atomic E-state index is 9.87. The van der Waals surface area contributed by atoms with Gasteiger partial charge < -0.3 is 5.11 Å². The van der Waals surface area contributed by atoms with E-state index in [1.54, 1.807) is 0 Å². The number of unbranched alkanes of at least 4 members (excludes halogenated alkanes) is 2. The summed E-state index contributed by atoms with van der Waals surface area (Å²) >= 11 is 0. The number of hydrogen-bond acceptors (Lipinski definition) is 1. The zero-order valence-electron chi connectivity index (χ0n) is 6.50. The Labute approximate surface area is 119 Å². The van der Waals surface area contributed by atoms with E-state index in [0.29, 0.717) is 6.42 Å². The molecule has 0 aromatic carbocycles. The molecule has 0 aliphatic carbocycles. The van der Waals surface area contributed by atoms with Crippen LogP contribution in [0, 0.1) is 0 Å². The molecule has 0 saturated carbocycles. The average Bonchev–Trinajstić information content (AvgIpc) is 1.66.